The number of nitrogens with zero attached hydrogens (tertiary/aromatic N) is 4. The number of ether oxygens (including phenoxy) is 1. The van der Waals surface area contributed by atoms with Gasteiger partial charge < -0.3 is 9.64 Å². The molecule has 4 rings (SSSR count). The van der Waals surface area contributed by atoms with Gasteiger partial charge in [-0.25, -0.2) is 0 Å². The number of carbonyl (C=O) groups is 1. The van der Waals surface area contributed by atoms with Gasteiger partial charge in [-0.1, -0.05) is 18.2 Å². The predicted octanol–water partition coefficient (Wildman–Crippen LogP) is 3.13. The summed E-state index contributed by atoms with van der Waals surface area (Å²) in [7, 11) is 0. The maximum Gasteiger partial charge on any atom is 0.260 e. The molecule has 1 atom stereocenters. The summed E-state index contributed by atoms with van der Waals surface area (Å²) in [6.07, 6.45) is 3.95. The monoisotopic (exact) mass is 364 g/mol. The van der Waals surface area contributed by atoms with Crippen LogP contribution in [0.3, 0.4) is 0 Å². The number of benzene rings is 1. The van der Waals surface area contributed by atoms with Crippen molar-refractivity contribution in [3.8, 4) is 5.75 Å². The van der Waals surface area contributed by atoms with Crippen LogP contribution in [0.2, 0.25) is 0 Å². The third-order valence-electron chi connectivity index (χ3n) is 5.17. The average Bonchev–Trinajstić information content (AvgIpc) is 3.13. The molecule has 0 radical (unpaired) electrons. The molecule has 1 fully saturated rings. The Hall–Kier alpha value is -2.89. The molecule has 1 aromatic carbocycles. The van der Waals surface area contributed by atoms with Gasteiger partial charge in [0, 0.05) is 25.2 Å². The quantitative estimate of drug-likeness (QED) is 0.714. The van der Waals surface area contributed by atoms with E-state index in [1.165, 1.54) is 0 Å². The summed E-state index contributed by atoms with van der Waals surface area (Å²) in [4.78, 5) is 14.6. The zero-order valence-electron chi connectivity index (χ0n) is 15.8. The molecule has 0 N–H and O–H groups in total. The van der Waals surface area contributed by atoms with Crippen LogP contribution in [0.4, 0.5) is 0 Å². The van der Waals surface area contributed by atoms with Gasteiger partial charge in [-0.2, -0.15) is 0 Å². The van der Waals surface area contributed by atoms with E-state index in [1.807, 2.05) is 65.7 Å². The van der Waals surface area contributed by atoms with E-state index in [2.05, 4.69) is 10.2 Å². The molecule has 0 saturated carbocycles. The maximum absolute atomic E-state index is 12.7. The predicted molar refractivity (Wildman–Crippen MR) is 103 cm³/mol. The number of carbonyl (C=O) groups excluding carboxylic acids is 1. The summed E-state index contributed by atoms with van der Waals surface area (Å²) >= 11 is 0. The van der Waals surface area contributed by atoms with Gasteiger partial charge in [0.25, 0.3) is 5.91 Å². The van der Waals surface area contributed by atoms with Gasteiger partial charge in [0.1, 0.15) is 11.6 Å². The van der Waals surface area contributed by atoms with E-state index in [4.69, 9.17) is 4.74 Å². The van der Waals surface area contributed by atoms with Crippen LogP contribution in [0.5, 0.6) is 5.75 Å². The smallest absolute Gasteiger partial charge is 0.260 e. The summed E-state index contributed by atoms with van der Waals surface area (Å²) in [5.41, 5.74) is 3.01. The van der Waals surface area contributed by atoms with E-state index < -0.39 is 0 Å². The standard InChI is InChI=1S/C21H24N4O2/c1-15-8-9-16(2)18(12-15)27-14-20(26)24-10-5-6-17(13-24)21-23-22-19-7-3-4-11-25(19)21/h3-4,7-9,11-12,17H,5-6,10,13-14H2,1-2H3. The van der Waals surface area contributed by atoms with Crippen LogP contribution < -0.4 is 4.74 Å². The first-order valence-corrected chi connectivity index (χ1v) is 9.39. The number of rotatable bonds is 4. The van der Waals surface area contributed by atoms with Crippen LogP contribution in [-0.2, 0) is 4.79 Å². The number of piperidine rings is 1. The number of hydrogen-bond donors (Lipinski definition) is 0. The summed E-state index contributed by atoms with van der Waals surface area (Å²) in [6.45, 7) is 5.50. The number of aryl methyl sites for hydroxylation is 2. The van der Waals surface area contributed by atoms with Crippen molar-refractivity contribution in [2.45, 2.75) is 32.6 Å². The molecule has 27 heavy (non-hydrogen) atoms. The summed E-state index contributed by atoms with van der Waals surface area (Å²) < 4.78 is 7.82. The maximum atomic E-state index is 12.7. The number of fused-ring (bicyclic) bond motifs is 1. The largest absolute Gasteiger partial charge is 0.483 e. The van der Waals surface area contributed by atoms with Crippen molar-refractivity contribution in [2.24, 2.45) is 0 Å². The third kappa shape index (κ3) is 3.65. The van der Waals surface area contributed by atoms with Gasteiger partial charge in [0.05, 0.1) is 0 Å². The Labute approximate surface area is 158 Å². The van der Waals surface area contributed by atoms with Crippen LogP contribution in [0.1, 0.15) is 35.7 Å². The van der Waals surface area contributed by atoms with E-state index in [-0.39, 0.29) is 18.4 Å². The second kappa shape index (κ2) is 7.39. The van der Waals surface area contributed by atoms with E-state index in [0.717, 1.165) is 47.7 Å². The first-order valence-electron chi connectivity index (χ1n) is 9.39. The number of aromatic nitrogens is 3. The molecule has 0 aliphatic carbocycles. The molecular formula is C21H24N4O2. The lowest BCUT2D eigenvalue weighted by Gasteiger charge is -2.32. The zero-order valence-corrected chi connectivity index (χ0v) is 15.8. The average molecular weight is 364 g/mol. The highest BCUT2D eigenvalue weighted by Crippen LogP contribution is 2.26. The second-order valence-corrected chi connectivity index (χ2v) is 7.22. The topological polar surface area (TPSA) is 59.7 Å². The summed E-state index contributed by atoms with van der Waals surface area (Å²) in [5.74, 6) is 1.93. The molecule has 1 aliphatic heterocycles. The Kier molecular flexibility index (Phi) is 4.79. The minimum absolute atomic E-state index is 0.0226. The first kappa shape index (κ1) is 17.5. The van der Waals surface area contributed by atoms with Gasteiger partial charge in [-0.3, -0.25) is 9.20 Å². The van der Waals surface area contributed by atoms with Gasteiger partial charge in [-0.15, -0.1) is 10.2 Å². The lowest BCUT2D eigenvalue weighted by molar-refractivity contribution is -0.134. The molecule has 2 aromatic heterocycles. The SMILES string of the molecule is Cc1ccc(C)c(OCC(=O)N2CCCC(c3nnc4ccccn34)C2)c1. The Balaban J connectivity index is 1.43. The molecule has 1 saturated heterocycles. The van der Waals surface area contributed by atoms with Crippen molar-refractivity contribution in [3.63, 3.8) is 0 Å². The number of amides is 1. The molecule has 140 valence electrons. The van der Waals surface area contributed by atoms with Crippen molar-refractivity contribution in [1.82, 2.24) is 19.5 Å². The molecule has 1 amide bonds. The van der Waals surface area contributed by atoms with Crippen molar-refractivity contribution >= 4 is 11.6 Å². The molecule has 6 heteroatoms. The van der Waals surface area contributed by atoms with Crippen LogP contribution >= 0.6 is 0 Å². The molecule has 3 heterocycles. The van der Waals surface area contributed by atoms with Crippen molar-refractivity contribution in [1.29, 1.82) is 0 Å². The molecule has 0 bridgehead atoms. The Morgan fingerprint density at radius 1 is 1.22 bits per heavy atom. The highest BCUT2D eigenvalue weighted by molar-refractivity contribution is 5.78. The highest BCUT2D eigenvalue weighted by atomic mass is 16.5. The third-order valence-corrected chi connectivity index (χ3v) is 5.17. The Morgan fingerprint density at radius 3 is 3.00 bits per heavy atom. The molecule has 0 spiro atoms. The molecule has 1 unspecified atom stereocenters. The van der Waals surface area contributed by atoms with Gasteiger partial charge in [0.15, 0.2) is 12.3 Å². The molecular weight excluding hydrogens is 340 g/mol. The van der Waals surface area contributed by atoms with Gasteiger partial charge in [0.2, 0.25) is 0 Å². The van der Waals surface area contributed by atoms with Crippen molar-refractivity contribution in [2.75, 3.05) is 19.7 Å². The fraction of sp³-hybridized carbons (Fsp3) is 0.381. The zero-order chi connectivity index (χ0) is 18.8. The fourth-order valence-corrected chi connectivity index (χ4v) is 3.65. The summed E-state index contributed by atoms with van der Waals surface area (Å²) in [6, 6.07) is 11.9. The fourth-order valence-electron chi connectivity index (χ4n) is 3.65. The van der Waals surface area contributed by atoms with E-state index in [0.29, 0.717) is 6.54 Å². The number of pyridine rings is 1. The lowest BCUT2D eigenvalue weighted by Crippen LogP contribution is -2.42. The van der Waals surface area contributed by atoms with Gasteiger partial charge in [-0.05, 0) is 56.0 Å². The van der Waals surface area contributed by atoms with Crippen LogP contribution in [0.25, 0.3) is 5.65 Å². The van der Waals surface area contributed by atoms with Crippen LogP contribution in [0, 0.1) is 13.8 Å². The van der Waals surface area contributed by atoms with Crippen LogP contribution in [0.15, 0.2) is 42.6 Å². The minimum atomic E-state index is 0.0226. The highest BCUT2D eigenvalue weighted by Gasteiger charge is 2.28. The van der Waals surface area contributed by atoms with Crippen molar-refractivity contribution in [3.05, 3.63) is 59.5 Å². The Bertz CT molecular complexity index is 966. The number of hydrogen-bond acceptors (Lipinski definition) is 4. The van der Waals surface area contributed by atoms with E-state index in [9.17, 15) is 4.79 Å². The van der Waals surface area contributed by atoms with E-state index in [1.54, 1.807) is 0 Å². The molecule has 1 aliphatic rings. The summed E-state index contributed by atoms with van der Waals surface area (Å²) in [5, 5.41) is 8.61. The van der Waals surface area contributed by atoms with Crippen LogP contribution in [-0.4, -0.2) is 45.1 Å². The minimum Gasteiger partial charge on any atom is -0.483 e. The second-order valence-electron chi connectivity index (χ2n) is 7.22. The Morgan fingerprint density at radius 2 is 2.11 bits per heavy atom. The van der Waals surface area contributed by atoms with Crippen molar-refractivity contribution < 1.29 is 9.53 Å². The number of likely N-dealkylation sites (tertiary alicyclic amines) is 1. The molecule has 6 nitrogen and oxygen atoms in total. The lowest BCUT2D eigenvalue weighted by atomic mass is 9.97. The first-order chi connectivity index (χ1) is 13.1. The normalized spacial score (nSPS) is 17.3. The molecule has 3 aromatic rings. The van der Waals surface area contributed by atoms with E-state index >= 15 is 0 Å². The van der Waals surface area contributed by atoms with Gasteiger partial charge >= 0.3 is 0 Å².